The van der Waals surface area contributed by atoms with Crippen LogP contribution < -0.4 is 9.64 Å². The summed E-state index contributed by atoms with van der Waals surface area (Å²) in [7, 11) is 0. The highest BCUT2D eigenvalue weighted by Gasteiger charge is 2.24. The maximum atomic E-state index is 13.5. The largest absolute Gasteiger partial charge is 0.481 e. The first-order valence-corrected chi connectivity index (χ1v) is 7.69. The van der Waals surface area contributed by atoms with Crippen LogP contribution in [-0.4, -0.2) is 18.1 Å². The Balaban J connectivity index is 1.74. The Bertz CT molecular complexity index is 723. The van der Waals surface area contributed by atoms with Crippen molar-refractivity contribution >= 4 is 5.88 Å². The van der Waals surface area contributed by atoms with E-state index in [9.17, 15) is 9.65 Å². The van der Waals surface area contributed by atoms with Gasteiger partial charge in [0.2, 0.25) is 17.5 Å². The average Bonchev–Trinajstić information content (AvgIpc) is 2.97. The fourth-order valence-electron chi connectivity index (χ4n) is 2.78. The lowest BCUT2D eigenvalue weighted by atomic mass is 10.0. The van der Waals surface area contributed by atoms with Gasteiger partial charge in [-0.1, -0.05) is 19.1 Å². The standard InChI is InChI=1S/C17H18FN3O2/c1-12-5-4-8-21(10-12)17-14(9-19)20-16(23-17)11-22-15-7-3-2-6-13(15)18/h2-3,6-7,12H,4-5,8,10-11H2,1H3. The molecule has 1 aromatic carbocycles. The Morgan fingerprint density at radius 1 is 1.48 bits per heavy atom. The lowest BCUT2D eigenvalue weighted by molar-refractivity contribution is 0.251. The van der Waals surface area contributed by atoms with Crippen molar-refractivity contribution in [2.45, 2.75) is 26.4 Å². The van der Waals surface area contributed by atoms with Gasteiger partial charge in [0.05, 0.1) is 0 Å². The molecule has 0 radical (unpaired) electrons. The minimum absolute atomic E-state index is 0.0149. The summed E-state index contributed by atoms with van der Waals surface area (Å²) in [6.45, 7) is 3.86. The van der Waals surface area contributed by atoms with Gasteiger partial charge in [-0.25, -0.2) is 4.39 Å². The lowest BCUT2D eigenvalue weighted by Gasteiger charge is -2.30. The number of aromatic nitrogens is 1. The average molecular weight is 315 g/mol. The van der Waals surface area contributed by atoms with Crippen molar-refractivity contribution in [3.8, 4) is 11.8 Å². The molecule has 120 valence electrons. The highest BCUT2D eigenvalue weighted by atomic mass is 19.1. The number of benzene rings is 1. The van der Waals surface area contributed by atoms with Crippen molar-refractivity contribution in [2.75, 3.05) is 18.0 Å². The van der Waals surface area contributed by atoms with Crippen LogP contribution in [-0.2, 0) is 6.61 Å². The van der Waals surface area contributed by atoms with Gasteiger partial charge >= 0.3 is 0 Å². The number of hydrogen-bond donors (Lipinski definition) is 0. The number of oxazole rings is 1. The molecule has 0 aliphatic carbocycles. The number of rotatable bonds is 4. The third-order valence-electron chi connectivity index (χ3n) is 3.89. The minimum Gasteiger partial charge on any atom is -0.481 e. The first kappa shape index (κ1) is 15.3. The highest BCUT2D eigenvalue weighted by molar-refractivity contribution is 5.48. The lowest BCUT2D eigenvalue weighted by Crippen LogP contribution is -2.34. The van der Waals surface area contributed by atoms with Crippen LogP contribution in [0, 0.1) is 23.1 Å². The molecule has 3 rings (SSSR count). The van der Waals surface area contributed by atoms with Crippen LogP contribution in [0.1, 0.15) is 31.4 Å². The number of para-hydroxylation sites is 1. The zero-order valence-electron chi connectivity index (χ0n) is 13.0. The van der Waals surface area contributed by atoms with E-state index in [1.165, 1.54) is 18.6 Å². The first-order chi connectivity index (χ1) is 11.2. The predicted molar refractivity (Wildman–Crippen MR) is 82.6 cm³/mol. The number of halogens is 1. The molecule has 2 aromatic rings. The van der Waals surface area contributed by atoms with Gasteiger partial charge in [-0.3, -0.25) is 0 Å². The Hall–Kier alpha value is -2.55. The summed E-state index contributed by atoms with van der Waals surface area (Å²) in [5.41, 5.74) is 0.256. The van der Waals surface area contributed by atoms with E-state index in [1.807, 2.05) is 4.90 Å². The fourth-order valence-corrected chi connectivity index (χ4v) is 2.78. The van der Waals surface area contributed by atoms with Gasteiger partial charge < -0.3 is 14.1 Å². The normalized spacial score (nSPS) is 17.8. The van der Waals surface area contributed by atoms with E-state index < -0.39 is 5.82 Å². The number of hydrogen-bond acceptors (Lipinski definition) is 5. The molecule has 2 heterocycles. The van der Waals surface area contributed by atoms with Crippen LogP contribution in [0.4, 0.5) is 10.3 Å². The molecule has 0 saturated carbocycles. The van der Waals surface area contributed by atoms with Crippen LogP contribution in [0.15, 0.2) is 28.7 Å². The van der Waals surface area contributed by atoms with Gasteiger partial charge in [0.1, 0.15) is 6.07 Å². The van der Waals surface area contributed by atoms with Crippen molar-refractivity contribution in [1.29, 1.82) is 5.26 Å². The SMILES string of the molecule is CC1CCCN(c2oc(COc3ccccc3F)nc2C#N)C1. The van der Waals surface area contributed by atoms with Crippen molar-refractivity contribution in [1.82, 2.24) is 4.98 Å². The van der Waals surface area contributed by atoms with Gasteiger partial charge in [-0.2, -0.15) is 10.2 Å². The Kier molecular flexibility index (Phi) is 4.47. The van der Waals surface area contributed by atoms with Crippen molar-refractivity contribution in [2.24, 2.45) is 5.92 Å². The second-order valence-electron chi connectivity index (χ2n) is 5.79. The van der Waals surface area contributed by atoms with Crippen LogP contribution in [0.2, 0.25) is 0 Å². The molecule has 6 heteroatoms. The Morgan fingerprint density at radius 2 is 2.30 bits per heavy atom. The summed E-state index contributed by atoms with van der Waals surface area (Å²) in [5, 5.41) is 9.26. The molecule has 1 aliphatic rings. The molecule has 1 atom stereocenters. The third-order valence-corrected chi connectivity index (χ3v) is 3.89. The van der Waals surface area contributed by atoms with E-state index in [1.54, 1.807) is 12.1 Å². The number of piperidine rings is 1. The summed E-state index contributed by atoms with van der Waals surface area (Å²) in [6.07, 6.45) is 2.24. The summed E-state index contributed by atoms with van der Waals surface area (Å²) >= 11 is 0. The maximum Gasteiger partial charge on any atom is 0.236 e. The topological polar surface area (TPSA) is 62.3 Å². The molecule has 0 bridgehead atoms. The van der Waals surface area contributed by atoms with Gasteiger partial charge in [-0.05, 0) is 30.9 Å². The number of ether oxygens (including phenoxy) is 1. The molecular weight excluding hydrogens is 297 g/mol. The number of nitrogens with zero attached hydrogens (tertiary/aromatic N) is 3. The van der Waals surface area contributed by atoms with Crippen LogP contribution in [0.25, 0.3) is 0 Å². The molecular formula is C17H18FN3O2. The van der Waals surface area contributed by atoms with Crippen LogP contribution in [0.3, 0.4) is 0 Å². The van der Waals surface area contributed by atoms with Crippen LogP contribution in [0.5, 0.6) is 5.75 Å². The minimum atomic E-state index is -0.440. The molecule has 1 fully saturated rings. The van der Waals surface area contributed by atoms with E-state index in [2.05, 4.69) is 18.0 Å². The van der Waals surface area contributed by atoms with Gasteiger partial charge in [0.15, 0.2) is 18.2 Å². The molecule has 5 nitrogen and oxygen atoms in total. The molecule has 0 amide bonds. The van der Waals surface area contributed by atoms with E-state index in [0.29, 0.717) is 11.8 Å². The second kappa shape index (κ2) is 6.69. The van der Waals surface area contributed by atoms with Gasteiger partial charge in [-0.15, -0.1) is 0 Å². The predicted octanol–water partition coefficient (Wildman–Crippen LogP) is 3.50. The Labute approximate surface area is 134 Å². The van der Waals surface area contributed by atoms with Crippen molar-refractivity contribution in [3.63, 3.8) is 0 Å². The summed E-state index contributed by atoms with van der Waals surface area (Å²) in [5.74, 6) is 1.02. The molecule has 23 heavy (non-hydrogen) atoms. The van der Waals surface area contributed by atoms with Gasteiger partial charge in [0, 0.05) is 13.1 Å². The summed E-state index contributed by atoms with van der Waals surface area (Å²) in [4.78, 5) is 6.20. The van der Waals surface area contributed by atoms with E-state index in [4.69, 9.17) is 9.15 Å². The molecule has 1 aromatic heterocycles. The molecule has 1 unspecified atom stereocenters. The van der Waals surface area contributed by atoms with Crippen molar-refractivity contribution < 1.29 is 13.5 Å². The smallest absolute Gasteiger partial charge is 0.236 e. The first-order valence-electron chi connectivity index (χ1n) is 7.69. The maximum absolute atomic E-state index is 13.5. The molecule has 1 aliphatic heterocycles. The number of anilines is 1. The molecule has 0 spiro atoms. The third kappa shape index (κ3) is 3.45. The zero-order chi connectivity index (χ0) is 16.2. The Morgan fingerprint density at radius 3 is 3.04 bits per heavy atom. The number of nitriles is 1. The van der Waals surface area contributed by atoms with E-state index >= 15 is 0 Å². The van der Waals surface area contributed by atoms with E-state index in [0.717, 1.165) is 19.5 Å². The monoisotopic (exact) mass is 315 g/mol. The molecule has 0 N–H and O–H groups in total. The summed E-state index contributed by atoms with van der Waals surface area (Å²) in [6, 6.07) is 8.21. The molecule has 1 saturated heterocycles. The second-order valence-corrected chi connectivity index (χ2v) is 5.79. The van der Waals surface area contributed by atoms with Crippen LogP contribution >= 0.6 is 0 Å². The highest BCUT2D eigenvalue weighted by Crippen LogP contribution is 2.27. The summed E-state index contributed by atoms with van der Waals surface area (Å²) < 4.78 is 24.6. The fraction of sp³-hybridized carbons (Fsp3) is 0.412. The zero-order valence-corrected chi connectivity index (χ0v) is 13.0. The van der Waals surface area contributed by atoms with Gasteiger partial charge in [0.25, 0.3) is 0 Å². The quantitative estimate of drug-likeness (QED) is 0.864. The van der Waals surface area contributed by atoms with E-state index in [-0.39, 0.29) is 23.9 Å². The van der Waals surface area contributed by atoms with Crippen molar-refractivity contribution in [3.05, 3.63) is 41.7 Å².